The number of hydrogen-bond donors (Lipinski definition) is 3. The number of nitrogens with one attached hydrogen (secondary N) is 2. The van der Waals surface area contributed by atoms with Gasteiger partial charge in [0, 0.05) is 17.8 Å². The molecule has 0 aliphatic heterocycles. The lowest BCUT2D eigenvalue weighted by atomic mass is 10.2. The summed E-state index contributed by atoms with van der Waals surface area (Å²) >= 11 is 1.16. The number of benzene rings is 2. The Bertz CT molecular complexity index is 1230. The molecule has 11 nitrogen and oxygen atoms in total. The molecule has 196 valence electrons. The fourth-order valence-electron chi connectivity index (χ4n) is 3.40. The molecule has 3 N–H and O–H groups in total. The monoisotopic (exact) mass is 527 g/mol. The van der Waals surface area contributed by atoms with Crippen molar-refractivity contribution in [3.8, 4) is 5.75 Å². The van der Waals surface area contributed by atoms with Crippen LogP contribution in [-0.4, -0.2) is 63.7 Å². The predicted octanol–water partition coefficient (Wildman–Crippen LogP) is 2.68. The number of ether oxygens (including phenoxy) is 2. The molecular formula is C25H29N5O6S. The van der Waals surface area contributed by atoms with Gasteiger partial charge >= 0.3 is 5.97 Å². The standard InChI is InChI=1S/C25H29N5O6S/c1-4-30-22(20(14-31)27-23(33)16-9-11-19(35-3)12-10-16)28-29-25(30)37-15-21(32)26-18-8-6-7-17(13-18)24(34)36-5-2/h6-13,20,31H,4-5,14-15H2,1-3H3,(H,26,32)(H,27,33)/t20-/m1/s1. The molecule has 2 aromatic carbocycles. The summed E-state index contributed by atoms with van der Waals surface area (Å²) in [4.78, 5) is 37.1. The normalized spacial score (nSPS) is 11.5. The number of aliphatic hydroxyl groups excluding tert-OH is 1. The van der Waals surface area contributed by atoms with Gasteiger partial charge in [0.05, 0.1) is 31.6 Å². The Hall–Kier alpha value is -3.90. The van der Waals surface area contributed by atoms with Crippen LogP contribution in [0.1, 0.15) is 46.4 Å². The van der Waals surface area contributed by atoms with Crippen LogP contribution >= 0.6 is 11.8 Å². The van der Waals surface area contributed by atoms with Crippen molar-refractivity contribution >= 4 is 35.2 Å². The highest BCUT2D eigenvalue weighted by atomic mass is 32.2. The highest BCUT2D eigenvalue weighted by Gasteiger charge is 2.23. The molecule has 1 atom stereocenters. The van der Waals surface area contributed by atoms with Crippen molar-refractivity contribution in [1.29, 1.82) is 0 Å². The van der Waals surface area contributed by atoms with Crippen LogP contribution in [0.3, 0.4) is 0 Å². The van der Waals surface area contributed by atoms with Gasteiger partial charge in [-0.2, -0.15) is 0 Å². The van der Waals surface area contributed by atoms with E-state index in [1.807, 2.05) is 6.92 Å². The third-order valence-corrected chi connectivity index (χ3v) is 6.17. The van der Waals surface area contributed by atoms with Crippen LogP contribution in [0.15, 0.2) is 53.7 Å². The second-order valence-corrected chi connectivity index (χ2v) is 8.60. The van der Waals surface area contributed by atoms with Crippen LogP contribution in [0.4, 0.5) is 5.69 Å². The molecule has 12 heteroatoms. The molecule has 0 radical (unpaired) electrons. The van der Waals surface area contributed by atoms with Gasteiger partial charge in [-0.15, -0.1) is 10.2 Å². The average Bonchev–Trinajstić information content (AvgIpc) is 3.33. The average molecular weight is 528 g/mol. The summed E-state index contributed by atoms with van der Waals surface area (Å²) in [5.74, 6) is -0.121. The number of methoxy groups -OCH3 is 1. The van der Waals surface area contributed by atoms with Gasteiger partial charge in [0.25, 0.3) is 5.91 Å². The first-order valence-electron chi connectivity index (χ1n) is 11.6. The van der Waals surface area contributed by atoms with Crippen LogP contribution in [0.5, 0.6) is 5.75 Å². The first-order chi connectivity index (χ1) is 17.9. The fourth-order valence-corrected chi connectivity index (χ4v) is 4.21. The van der Waals surface area contributed by atoms with Crippen LogP contribution in [0, 0.1) is 0 Å². The molecule has 0 saturated carbocycles. The van der Waals surface area contributed by atoms with Gasteiger partial charge in [0.1, 0.15) is 11.8 Å². The Labute approximate surface area is 218 Å². The second-order valence-electron chi connectivity index (χ2n) is 7.66. The Kier molecular flexibility index (Phi) is 10.0. The van der Waals surface area contributed by atoms with Crippen molar-refractivity contribution in [3.63, 3.8) is 0 Å². The Morgan fingerprint density at radius 1 is 1.08 bits per heavy atom. The zero-order chi connectivity index (χ0) is 26.8. The summed E-state index contributed by atoms with van der Waals surface area (Å²) in [6.45, 7) is 3.93. The van der Waals surface area contributed by atoms with E-state index in [-0.39, 0.29) is 30.8 Å². The molecule has 0 aliphatic carbocycles. The summed E-state index contributed by atoms with van der Waals surface area (Å²) in [6, 6.07) is 12.3. The minimum atomic E-state index is -0.796. The van der Waals surface area contributed by atoms with Crippen LogP contribution in [-0.2, 0) is 16.1 Å². The Balaban J connectivity index is 1.64. The molecular weight excluding hydrogens is 498 g/mol. The highest BCUT2D eigenvalue weighted by molar-refractivity contribution is 7.99. The van der Waals surface area contributed by atoms with E-state index in [0.29, 0.717) is 40.1 Å². The molecule has 0 bridgehead atoms. The van der Waals surface area contributed by atoms with Gasteiger partial charge in [-0.3, -0.25) is 9.59 Å². The lowest BCUT2D eigenvalue weighted by Crippen LogP contribution is -2.32. The molecule has 37 heavy (non-hydrogen) atoms. The van der Waals surface area contributed by atoms with E-state index in [0.717, 1.165) is 11.8 Å². The first-order valence-corrected chi connectivity index (χ1v) is 12.6. The largest absolute Gasteiger partial charge is 0.497 e. The van der Waals surface area contributed by atoms with E-state index in [4.69, 9.17) is 9.47 Å². The van der Waals surface area contributed by atoms with Gasteiger partial charge in [0.2, 0.25) is 5.91 Å². The summed E-state index contributed by atoms with van der Waals surface area (Å²) in [5.41, 5.74) is 1.21. The van der Waals surface area contributed by atoms with Gasteiger partial charge < -0.3 is 29.8 Å². The number of aromatic nitrogens is 3. The SMILES string of the molecule is CCOC(=O)c1cccc(NC(=O)CSc2nnc([C@@H](CO)NC(=O)c3ccc(OC)cc3)n2CC)c1. The van der Waals surface area contributed by atoms with Gasteiger partial charge in [-0.1, -0.05) is 17.8 Å². The van der Waals surface area contributed by atoms with E-state index < -0.39 is 12.0 Å². The maximum Gasteiger partial charge on any atom is 0.338 e. The van der Waals surface area contributed by atoms with E-state index in [9.17, 15) is 19.5 Å². The molecule has 1 aromatic heterocycles. The summed E-state index contributed by atoms with van der Waals surface area (Å²) < 4.78 is 11.8. The number of hydrogen-bond acceptors (Lipinski definition) is 9. The minimum absolute atomic E-state index is 0.0315. The number of aliphatic hydroxyl groups is 1. The van der Waals surface area contributed by atoms with Crippen molar-refractivity contribution in [2.45, 2.75) is 31.6 Å². The van der Waals surface area contributed by atoms with Crippen molar-refractivity contribution < 1.29 is 29.0 Å². The van der Waals surface area contributed by atoms with Gasteiger partial charge in [-0.25, -0.2) is 4.79 Å². The zero-order valence-electron chi connectivity index (χ0n) is 20.8. The predicted molar refractivity (Wildman–Crippen MR) is 138 cm³/mol. The van der Waals surface area contributed by atoms with Crippen molar-refractivity contribution in [2.75, 3.05) is 31.4 Å². The lowest BCUT2D eigenvalue weighted by molar-refractivity contribution is -0.113. The Morgan fingerprint density at radius 3 is 2.49 bits per heavy atom. The van der Waals surface area contributed by atoms with Gasteiger partial charge in [0.15, 0.2) is 11.0 Å². The number of rotatable bonds is 12. The van der Waals surface area contributed by atoms with E-state index in [1.54, 1.807) is 60.0 Å². The summed E-state index contributed by atoms with van der Waals surface area (Å²) in [5, 5.41) is 24.2. The quantitative estimate of drug-likeness (QED) is 0.239. The molecule has 0 spiro atoms. The zero-order valence-corrected chi connectivity index (χ0v) is 21.6. The topological polar surface area (TPSA) is 145 Å². The fraction of sp³-hybridized carbons (Fsp3) is 0.320. The first kappa shape index (κ1) is 27.7. The molecule has 3 rings (SSSR count). The van der Waals surface area contributed by atoms with Crippen LogP contribution in [0.25, 0.3) is 0 Å². The van der Waals surface area contributed by atoms with Crippen molar-refractivity contribution in [1.82, 2.24) is 20.1 Å². The minimum Gasteiger partial charge on any atom is -0.497 e. The van der Waals surface area contributed by atoms with Crippen molar-refractivity contribution in [2.24, 2.45) is 0 Å². The van der Waals surface area contributed by atoms with Crippen molar-refractivity contribution in [3.05, 3.63) is 65.5 Å². The number of esters is 1. The van der Waals surface area contributed by atoms with Crippen LogP contribution < -0.4 is 15.4 Å². The van der Waals surface area contributed by atoms with E-state index in [1.165, 1.54) is 7.11 Å². The molecule has 2 amide bonds. The number of carbonyl (C=O) groups is 3. The molecule has 1 heterocycles. The molecule has 0 aliphatic rings. The molecule has 3 aromatic rings. The molecule has 0 fully saturated rings. The summed E-state index contributed by atoms with van der Waals surface area (Å²) in [6.07, 6.45) is 0. The molecule has 0 saturated heterocycles. The number of thioether (sulfide) groups is 1. The third-order valence-electron chi connectivity index (χ3n) is 5.20. The Morgan fingerprint density at radius 2 is 1.84 bits per heavy atom. The summed E-state index contributed by atoms with van der Waals surface area (Å²) in [7, 11) is 1.54. The van der Waals surface area contributed by atoms with Gasteiger partial charge in [-0.05, 0) is 56.3 Å². The van der Waals surface area contributed by atoms with E-state index >= 15 is 0 Å². The smallest absolute Gasteiger partial charge is 0.338 e. The van der Waals surface area contributed by atoms with E-state index in [2.05, 4.69) is 20.8 Å². The van der Waals surface area contributed by atoms with Crippen LogP contribution in [0.2, 0.25) is 0 Å². The number of anilines is 1. The maximum atomic E-state index is 12.7. The number of nitrogens with zero attached hydrogens (tertiary/aromatic N) is 3. The third kappa shape index (κ3) is 7.30. The highest BCUT2D eigenvalue weighted by Crippen LogP contribution is 2.22. The lowest BCUT2D eigenvalue weighted by Gasteiger charge is -2.17. The second kappa shape index (κ2) is 13.4. The maximum absolute atomic E-state index is 12.7. The number of amides is 2. The number of carbonyl (C=O) groups excluding carboxylic acids is 3. The molecule has 0 unspecified atom stereocenters.